The fourth-order valence-corrected chi connectivity index (χ4v) is 1.89. The third-order valence-electron chi connectivity index (χ3n) is 3.25. The van der Waals surface area contributed by atoms with Gasteiger partial charge in [0.05, 0.1) is 52.4 Å². The maximum atomic E-state index is 11.5. The van der Waals surface area contributed by atoms with Gasteiger partial charge in [-0.25, -0.2) is 0 Å². The number of Topliss-reactive ketones (excluding diaryl/α,β-unsaturated/α-hetero) is 1. The van der Waals surface area contributed by atoms with Crippen molar-refractivity contribution in [3.63, 3.8) is 0 Å². The normalized spacial score (nSPS) is 11.1. The summed E-state index contributed by atoms with van der Waals surface area (Å²) in [5, 5.41) is 10.9. The molecule has 8 nitrogen and oxygen atoms in total. The fraction of sp³-hybridized carbons (Fsp3) is 0.722. The molecule has 0 atom stereocenters. The molecule has 1 heterocycles. The van der Waals surface area contributed by atoms with Crippen molar-refractivity contribution in [3.05, 3.63) is 17.8 Å². The van der Waals surface area contributed by atoms with E-state index in [9.17, 15) is 4.79 Å². The summed E-state index contributed by atoms with van der Waals surface area (Å²) in [4.78, 5) is 11.5. The zero-order valence-corrected chi connectivity index (χ0v) is 16.0. The quantitative estimate of drug-likeness (QED) is 0.349. The molecule has 148 valence electrons. The van der Waals surface area contributed by atoms with Gasteiger partial charge in [-0.1, -0.05) is 6.92 Å². The van der Waals surface area contributed by atoms with Crippen LogP contribution >= 0.6 is 0 Å². The first-order valence-electron chi connectivity index (χ1n) is 9.09. The number of rotatable bonds is 16. The zero-order chi connectivity index (χ0) is 19.0. The minimum absolute atomic E-state index is 0.0123. The molecule has 1 rings (SSSR count). The minimum atomic E-state index is -0.0123. The average molecular weight is 369 g/mol. The van der Waals surface area contributed by atoms with Gasteiger partial charge >= 0.3 is 0 Å². The molecular formula is C18H31N3O5. The molecule has 0 aromatic carbocycles. The van der Waals surface area contributed by atoms with Crippen LogP contribution in [-0.2, 0) is 18.9 Å². The SMILES string of the molecule is CCC(=O)c1ccc(NCCOCCOCCOCCOC(C)C)nn1. The van der Waals surface area contributed by atoms with Crippen LogP contribution in [0.2, 0.25) is 0 Å². The third kappa shape index (κ3) is 11.1. The smallest absolute Gasteiger partial charge is 0.182 e. The summed E-state index contributed by atoms with van der Waals surface area (Å²) in [5.41, 5.74) is 0.392. The van der Waals surface area contributed by atoms with E-state index in [-0.39, 0.29) is 11.9 Å². The Bertz CT molecular complexity index is 482. The van der Waals surface area contributed by atoms with Crippen LogP contribution in [0.3, 0.4) is 0 Å². The second-order valence-electron chi connectivity index (χ2n) is 5.76. The van der Waals surface area contributed by atoms with E-state index in [0.717, 1.165) is 0 Å². The number of aromatic nitrogens is 2. The summed E-state index contributed by atoms with van der Waals surface area (Å²) in [7, 11) is 0. The highest BCUT2D eigenvalue weighted by Crippen LogP contribution is 2.03. The average Bonchev–Trinajstić information content (AvgIpc) is 2.65. The van der Waals surface area contributed by atoms with Crippen molar-refractivity contribution in [2.75, 3.05) is 58.1 Å². The first-order chi connectivity index (χ1) is 12.6. The minimum Gasteiger partial charge on any atom is -0.377 e. The van der Waals surface area contributed by atoms with E-state index in [2.05, 4.69) is 15.5 Å². The molecule has 0 saturated heterocycles. The number of carbonyl (C=O) groups is 1. The molecule has 0 radical (unpaired) electrons. The number of carbonyl (C=O) groups excluding carboxylic acids is 1. The highest BCUT2D eigenvalue weighted by atomic mass is 16.6. The van der Waals surface area contributed by atoms with E-state index < -0.39 is 0 Å². The molecule has 1 aromatic rings. The maximum Gasteiger partial charge on any atom is 0.182 e. The van der Waals surface area contributed by atoms with E-state index in [4.69, 9.17) is 18.9 Å². The highest BCUT2D eigenvalue weighted by Gasteiger charge is 2.05. The van der Waals surface area contributed by atoms with Crippen molar-refractivity contribution >= 4 is 11.6 Å². The van der Waals surface area contributed by atoms with E-state index in [1.807, 2.05) is 13.8 Å². The molecule has 0 amide bonds. The van der Waals surface area contributed by atoms with Gasteiger partial charge in [-0.05, 0) is 26.0 Å². The maximum absolute atomic E-state index is 11.5. The molecule has 26 heavy (non-hydrogen) atoms. The lowest BCUT2D eigenvalue weighted by atomic mass is 10.2. The van der Waals surface area contributed by atoms with Gasteiger partial charge < -0.3 is 24.3 Å². The van der Waals surface area contributed by atoms with Gasteiger partial charge in [0, 0.05) is 13.0 Å². The van der Waals surface area contributed by atoms with Crippen LogP contribution in [0.15, 0.2) is 12.1 Å². The molecule has 0 saturated carbocycles. The van der Waals surface area contributed by atoms with Crippen molar-refractivity contribution in [3.8, 4) is 0 Å². The fourth-order valence-electron chi connectivity index (χ4n) is 1.89. The molecule has 1 N–H and O–H groups in total. The van der Waals surface area contributed by atoms with Crippen LogP contribution < -0.4 is 5.32 Å². The topological polar surface area (TPSA) is 91.8 Å². The van der Waals surface area contributed by atoms with Crippen molar-refractivity contribution in [2.24, 2.45) is 0 Å². The number of nitrogens with one attached hydrogen (secondary N) is 1. The Kier molecular flexibility index (Phi) is 12.6. The van der Waals surface area contributed by atoms with Crippen molar-refractivity contribution in [1.82, 2.24) is 10.2 Å². The Labute approximate surface area is 155 Å². The largest absolute Gasteiger partial charge is 0.377 e. The Morgan fingerprint density at radius 3 is 2.12 bits per heavy atom. The van der Waals surface area contributed by atoms with Crippen LogP contribution in [0.4, 0.5) is 5.82 Å². The molecule has 8 heteroatoms. The predicted octanol–water partition coefficient (Wildman–Crippen LogP) is 1.96. The molecule has 0 unspecified atom stereocenters. The monoisotopic (exact) mass is 369 g/mol. The number of anilines is 1. The summed E-state index contributed by atoms with van der Waals surface area (Å²) in [6.45, 7) is 10.3. The van der Waals surface area contributed by atoms with Crippen molar-refractivity contribution < 1.29 is 23.7 Å². The van der Waals surface area contributed by atoms with Crippen LogP contribution in [0.25, 0.3) is 0 Å². The summed E-state index contributed by atoms with van der Waals surface area (Å²) in [6, 6.07) is 3.41. The molecule has 0 aliphatic rings. The Morgan fingerprint density at radius 1 is 0.962 bits per heavy atom. The van der Waals surface area contributed by atoms with Crippen LogP contribution in [0.1, 0.15) is 37.7 Å². The molecule has 0 bridgehead atoms. The molecule has 0 fully saturated rings. The third-order valence-corrected chi connectivity index (χ3v) is 3.25. The number of hydrogen-bond donors (Lipinski definition) is 1. The number of nitrogens with zero attached hydrogens (tertiary/aromatic N) is 2. The lowest BCUT2D eigenvalue weighted by Crippen LogP contribution is -2.15. The van der Waals surface area contributed by atoms with Crippen LogP contribution in [-0.4, -0.2) is 74.9 Å². The summed E-state index contributed by atoms with van der Waals surface area (Å²) < 4.78 is 21.6. The van der Waals surface area contributed by atoms with Gasteiger partial charge in [0.1, 0.15) is 11.5 Å². The molecular weight excluding hydrogens is 338 g/mol. The van der Waals surface area contributed by atoms with E-state index >= 15 is 0 Å². The van der Waals surface area contributed by atoms with E-state index in [1.165, 1.54) is 0 Å². The Balaban J connectivity index is 1.90. The van der Waals surface area contributed by atoms with Gasteiger partial charge in [-0.2, -0.15) is 0 Å². The first kappa shape index (κ1) is 22.4. The molecule has 1 aromatic heterocycles. The molecule has 0 aliphatic heterocycles. The summed E-state index contributed by atoms with van der Waals surface area (Å²) in [6.07, 6.45) is 0.661. The highest BCUT2D eigenvalue weighted by molar-refractivity contribution is 5.93. The number of hydrogen-bond acceptors (Lipinski definition) is 8. The lowest BCUT2D eigenvalue weighted by Gasteiger charge is -2.09. The van der Waals surface area contributed by atoms with Crippen molar-refractivity contribution in [1.29, 1.82) is 0 Å². The van der Waals surface area contributed by atoms with Crippen LogP contribution in [0.5, 0.6) is 0 Å². The first-order valence-corrected chi connectivity index (χ1v) is 9.09. The van der Waals surface area contributed by atoms with Gasteiger partial charge in [-0.3, -0.25) is 4.79 Å². The summed E-state index contributed by atoms with van der Waals surface area (Å²) in [5.74, 6) is 0.609. The van der Waals surface area contributed by atoms with Gasteiger partial charge in [0.15, 0.2) is 5.78 Å². The number of ketones is 1. The van der Waals surface area contributed by atoms with E-state index in [1.54, 1.807) is 19.1 Å². The van der Waals surface area contributed by atoms with Crippen LogP contribution in [0, 0.1) is 0 Å². The number of ether oxygens (including phenoxy) is 4. The second kappa shape index (κ2) is 14.5. The van der Waals surface area contributed by atoms with Gasteiger partial charge in [0.2, 0.25) is 0 Å². The Hall–Kier alpha value is -1.61. The molecule has 0 spiro atoms. The van der Waals surface area contributed by atoms with Crippen molar-refractivity contribution in [2.45, 2.75) is 33.3 Å². The predicted molar refractivity (Wildman–Crippen MR) is 98.7 cm³/mol. The summed E-state index contributed by atoms with van der Waals surface area (Å²) >= 11 is 0. The molecule has 0 aliphatic carbocycles. The zero-order valence-electron chi connectivity index (χ0n) is 16.0. The standard InChI is InChI=1S/C18H31N3O5/c1-4-17(22)16-5-6-18(21-20-16)19-7-8-23-9-10-24-11-12-25-13-14-26-15(2)3/h5-6,15H,4,7-14H2,1-3H3,(H,19,21). The second-order valence-corrected chi connectivity index (χ2v) is 5.76. The van der Waals surface area contributed by atoms with Gasteiger partial charge in [0.25, 0.3) is 0 Å². The van der Waals surface area contributed by atoms with Gasteiger partial charge in [-0.15, -0.1) is 10.2 Å². The Morgan fingerprint density at radius 2 is 1.58 bits per heavy atom. The van der Waals surface area contributed by atoms with E-state index in [0.29, 0.717) is 70.7 Å². The lowest BCUT2D eigenvalue weighted by molar-refractivity contribution is -0.0110.